The maximum absolute atomic E-state index is 12.2. The van der Waals surface area contributed by atoms with Crippen LogP contribution in [0.3, 0.4) is 0 Å². The van der Waals surface area contributed by atoms with Crippen molar-refractivity contribution in [1.29, 1.82) is 0 Å². The summed E-state index contributed by atoms with van der Waals surface area (Å²) in [5.74, 6) is 0.837. The van der Waals surface area contributed by atoms with E-state index in [2.05, 4.69) is 30.1 Å². The van der Waals surface area contributed by atoms with Crippen molar-refractivity contribution in [2.24, 2.45) is 5.92 Å². The number of likely N-dealkylation sites (tertiary alicyclic amines) is 1. The summed E-state index contributed by atoms with van der Waals surface area (Å²) in [6, 6.07) is 0.235. The Morgan fingerprint density at radius 3 is 2.75 bits per heavy atom. The lowest BCUT2D eigenvalue weighted by molar-refractivity contribution is -0.122. The molecule has 1 heterocycles. The lowest BCUT2D eigenvalue weighted by Gasteiger charge is -2.31. The number of nitrogens with zero attached hydrogens (tertiary/aromatic N) is 1. The van der Waals surface area contributed by atoms with Crippen LogP contribution in [0.25, 0.3) is 0 Å². The molecule has 0 saturated carbocycles. The van der Waals surface area contributed by atoms with E-state index in [0.29, 0.717) is 5.92 Å². The number of piperidine rings is 1. The number of amides is 1. The molecule has 2 rings (SSSR count). The highest BCUT2D eigenvalue weighted by molar-refractivity contribution is 5.76. The average molecular weight is 278 g/mol. The third-order valence-corrected chi connectivity index (χ3v) is 4.89. The lowest BCUT2D eigenvalue weighted by atomic mass is 9.92. The van der Waals surface area contributed by atoms with E-state index in [1.54, 1.807) is 0 Å². The van der Waals surface area contributed by atoms with E-state index in [-0.39, 0.29) is 11.9 Å². The van der Waals surface area contributed by atoms with Crippen LogP contribution in [0.15, 0.2) is 11.6 Å². The molecular formula is C17H30N2O. The molecule has 1 amide bonds. The van der Waals surface area contributed by atoms with Gasteiger partial charge in [0.05, 0.1) is 0 Å². The number of allylic oxidation sites excluding steroid dienone is 1. The van der Waals surface area contributed by atoms with Gasteiger partial charge in [-0.3, -0.25) is 4.79 Å². The summed E-state index contributed by atoms with van der Waals surface area (Å²) in [6.45, 7) is 7.82. The molecule has 1 N–H and O–H groups in total. The Morgan fingerprint density at radius 1 is 1.40 bits per heavy atom. The predicted molar refractivity (Wildman–Crippen MR) is 83.6 cm³/mol. The second kappa shape index (κ2) is 7.82. The summed E-state index contributed by atoms with van der Waals surface area (Å²) in [5, 5.41) is 3.20. The van der Waals surface area contributed by atoms with Crippen LogP contribution in [-0.2, 0) is 4.79 Å². The molecule has 3 nitrogen and oxygen atoms in total. The fourth-order valence-corrected chi connectivity index (χ4v) is 3.42. The van der Waals surface area contributed by atoms with E-state index in [1.807, 2.05) is 0 Å². The zero-order valence-corrected chi connectivity index (χ0v) is 13.2. The smallest absolute Gasteiger partial charge is 0.220 e. The van der Waals surface area contributed by atoms with Gasteiger partial charge in [-0.1, -0.05) is 18.6 Å². The molecule has 1 saturated heterocycles. The van der Waals surface area contributed by atoms with Gasteiger partial charge in [-0.25, -0.2) is 0 Å². The van der Waals surface area contributed by atoms with Gasteiger partial charge >= 0.3 is 0 Å². The first-order valence-corrected chi connectivity index (χ1v) is 8.39. The zero-order chi connectivity index (χ0) is 14.4. The third kappa shape index (κ3) is 4.62. The minimum absolute atomic E-state index is 0.235. The van der Waals surface area contributed by atoms with E-state index < -0.39 is 0 Å². The number of hydrogen-bond donors (Lipinski definition) is 1. The van der Waals surface area contributed by atoms with Crippen LogP contribution in [0.4, 0.5) is 0 Å². The molecule has 0 aromatic rings. The standard InChI is InChI=1S/C17H30N2O/c1-3-19-11-9-15(10-12-19)13-17(20)18-14(2)16-7-5-4-6-8-16/h7,14-15H,3-6,8-13H2,1-2H3,(H,18,20). The Bertz CT molecular complexity index is 343. The highest BCUT2D eigenvalue weighted by Crippen LogP contribution is 2.22. The molecule has 114 valence electrons. The van der Waals surface area contributed by atoms with Gasteiger partial charge in [0, 0.05) is 12.5 Å². The second-order valence-corrected chi connectivity index (χ2v) is 6.40. The fraction of sp³-hybridized carbons (Fsp3) is 0.824. The summed E-state index contributed by atoms with van der Waals surface area (Å²) >= 11 is 0. The van der Waals surface area contributed by atoms with Gasteiger partial charge in [0.25, 0.3) is 0 Å². The van der Waals surface area contributed by atoms with Crippen molar-refractivity contribution in [1.82, 2.24) is 10.2 Å². The normalized spacial score (nSPS) is 23.2. The van der Waals surface area contributed by atoms with Crippen LogP contribution in [0.5, 0.6) is 0 Å². The first kappa shape index (κ1) is 15.6. The molecule has 0 aromatic heterocycles. The molecule has 0 radical (unpaired) electrons. The van der Waals surface area contributed by atoms with Crippen LogP contribution >= 0.6 is 0 Å². The molecule has 0 spiro atoms. The minimum atomic E-state index is 0.235. The topological polar surface area (TPSA) is 32.3 Å². The summed E-state index contributed by atoms with van der Waals surface area (Å²) in [7, 11) is 0. The van der Waals surface area contributed by atoms with Crippen molar-refractivity contribution in [2.75, 3.05) is 19.6 Å². The third-order valence-electron chi connectivity index (χ3n) is 4.89. The molecule has 1 aliphatic heterocycles. The number of rotatable bonds is 5. The van der Waals surface area contributed by atoms with Crippen molar-refractivity contribution in [3.63, 3.8) is 0 Å². The molecule has 3 heteroatoms. The summed E-state index contributed by atoms with van der Waals surface area (Å²) < 4.78 is 0. The molecule has 20 heavy (non-hydrogen) atoms. The van der Waals surface area contributed by atoms with Gasteiger partial charge in [0.15, 0.2) is 0 Å². The highest BCUT2D eigenvalue weighted by atomic mass is 16.1. The van der Waals surface area contributed by atoms with E-state index >= 15 is 0 Å². The predicted octanol–water partition coefficient (Wildman–Crippen LogP) is 3.11. The Kier molecular flexibility index (Phi) is 6.08. The Balaban J connectivity index is 1.71. The molecule has 1 atom stereocenters. The van der Waals surface area contributed by atoms with E-state index in [1.165, 1.54) is 37.7 Å². The monoisotopic (exact) mass is 278 g/mol. The molecule has 0 bridgehead atoms. The minimum Gasteiger partial charge on any atom is -0.350 e. The summed E-state index contributed by atoms with van der Waals surface area (Å²) in [4.78, 5) is 14.6. The lowest BCUT2D eigenvalue weighted by Crippen LogP contribution is -2.38. The SMILES string of the molecule is CCN1CCC(CC(=O)NC(C)C2=CCCCC2)CC1. The molecule has 1 aliphatic carbocycles. The van der Waals surface area contributed by atoms with Gasteiger partial charge in [-0.15, -0.1) is 0 Å². The Hall–Kier alpha value is -0.830. The number of carbonyl (C=O) groups is 1. The number of nitrogens with one attached hydrogen (secondary N) is 1. The highest BCUT2D eigenvalue weighted by Gasteiger charge is 2.22. The fourth-order valence-electron chi connectivity index (χ4n) is 3.42. The van der Waals surface area contributed by atoms with Crippen LogP contribution in [0.2, 0.25) is 0 Å². The van der Waals surface area contributed by atoms with E-state index in [9.17, 15) is 4.79 Å². The van der Waals surface area contributed by atoms with Crippen molar-refractivity contribution < 1.29 is 4.79 Å². The zero-order valence-electron chi connectivity index (χ0n) is 13.2. The Morgan fingerprint density at radius 2 is 2.15 bits per heavy atom. The van der Waals surface area contributed by atoms with Gasteiger partial charge < -0.3 is 10.2 Å². The quantitative estimate of drug-likeness (QED) is 0.784. The second-order valence-electron chi connectivity index (χ2n) is 6.40. The van der Waals surface area contributed by atoms with Gasteiger partial charge in [0.1, 0.15) is 0 Å². The van der Waals surface area contributed by atoms with Crippen molar-refractivity contribution in [2.45, 2.75) is 64.8 Å². The first-order valence-electron chi connectivity index (χ1n) is 8.39. The average Bonchev–Trinajstić information content (AvgIpc) is 2.49. The van der Waals surface area contributed by atoms with Gasteiger partial charge in [-0.05, 0) is 71.0 Å². The van der Waals surface area contributed by atoms with E-state index in [4.69, 9.17) is 0 Å². The maximum Gasteiger partial charge on any atom is 0.220 e. The molecule has 0 aromatic carbocycles. The van der Waals surface area contributed by atoms with Gasteiger partial charge in [-0.2, -0.15) is 0 Å². The molecule has 1 unspecified atom stereocenters. The first-order chi connectivity index (χ1) is 9.69. The van der Waals surface area contributed by atoms with Crippen molar-refractivity contribution in [3.05, 3.63) is 11.6 Å². The van der Waals surface area contributed by atoms with Gasteiger partial charge in [0.2, 0.25) is 5.91 Å². The maximum atomic E-state index is 12.2. The molecule has 2 aliphatic rings. The summed E-state index contributed by atoms with van der Waals surface area (Å²) in [6.07, 6.45) is 10.3. The molecule has 1 fully saturated rings. The largest absolute Gasteiger partial charge is 0.350 e. The molecular weight excluding hydrogens is 248 g/mol. The van der Waals surface area contributed by atoms with Crippen molar-refractivity contribution >= 4 is 5.91 Å². The summed E-state index contributed by atoms with van der Waals surface area (Å²) in [5.41, 5.74) is 1.44. The van der Waals surface area contributed by atoms with Crippen molar-refractivity contribution in [3.8, 4) is 0 Å². The Labute approximate surface area is 123 Å². The number of hydrogen-bond acceptors (Lipinski definition) is 2. The van der Waals surface area contributed by atoms with Crippen LogP contribution < -0.4 is 5.32 Å². The van der Waals surface area contributed by atoms with Crippen LogP contribution in [0.1, 0.15) is 58.8 Å². The van der Waals surface area contributed by atoms with Crippen LogP contribution in [0, 0.1) is 5.92 Å². The number of carbonyl (C=O) groups excluding carboxylic acids is 1. The van der Waals surface area contributed by atoms with E-state index in [0.717, 1.165) is 32.5 Å². The van der Waals surface area contributed by atoms with Crippen LogP contribution in [-0.4, -0.2) is 36.5 Å².